The summed E-state index contributed by atoms with van der Waals surface area (Å²) in [5.41, 5.74) is 1.07. The standard InChI is InChI=1S/C16H24N2O3/c1-4-21-16(20)10-11-18(3)12-15(19)17-13(2)14-8-6-5-7-9-14/h5-9,13H,4,10-12H2,1-3H3,(H,17,19). The molecule has 1 aromatic rings. The first-order valence-electron chi connectivity index (χ1n) is 7.21. The Kier molecular flexibility index (Phi) is 7.46. The van der Waals surface area contributed by atoms with E-state index in [1.807, 2.05) is 49.2 Å². The minimum Gasteiger partial charge on any atom is -0.466 e. The minimum absolute atomic E-state index is 0.0304. The van der Waals surface area contributed by atoms with Crippen molar-refractivity contribution in [3.8, 4) is 0 Å². The monoisotopic (exact) mass is 292 g/mol. The molecule has 0 fully saturated rings. The number of esters is 1. The quantitative estimate of drug-likeness (QED) is 0.742. The molecule has 0 radical (unpaired) electrons. The average molecular weight is 292 g/mol. The van der Waals surface area contributed by atoms with Crippen LogP contribution < -0.4 is 5.32 Å². The van der Waals surface area contributed by atoms with Gasteiger partial charge in [0.25, 0.3) is 0 Å². The number of benzene rings is 1. The summed E-state index contributed by atoms with van der Waals surface area (Å²) in [5, 5.41) is 2.94. The van der Waals surface area contributed by atoms with Crippen molar-refractivity contribution in [2.75, 3.05) is 26.7 Å². The van der Waals surface area contributed by atoms with Gasteiger partial charge in [0.05, 0.1) is 25.6 Å². The molecule has 1 aromatic carbocycles. The molecule has 0 spiro atoms. The van der Waals surface area contributed by atoms with Gasteiger partial charge in [0.15, 0.2) is 0 Å². The fourth-order valence-corrected chi connectivity index (χ4v) is 1.95. The molecule has 0 bridgehead atoms. The summed E-state index contributed by atoms with van der Waals surface area (Å²) in [6.45, 7) is 4.88. The van der Waals surface area contributed by atoms with Crippen LogP contribution in [0.1, 0.15) is 31.9 Å². The lowest BCUT2D eigenvalue weighted by molar-refractivity contribution is -0.143. The zero-order valence-corrected chi connectivity index (χ0v) is 13.0. The van der Waals surface area contributed by atoms with Crippen molar-refractivity contribution in [3.63, 3.8) is 0 Å². The third-order valence-electron chi connectivity index (χ3n) is 3.09. The highest BCUT2D eigenvalue weighted by molar-refractivity contribution is 5.78. The summed E-state index contributed by atoms with van der Waals surface area (Å²) in [6, 6.07) is 9.77. The second kappa shape index (κ2) is 9.13. The fraction of sp³-hybridized carbons (Fsp3) is 0.500. The largest absolute Gasteiger partial charge is 0.466 e. The van der Waals surface area contributed by atoms with E-state index in [2.05, 4.69) is 5.32 Å². The van der Waals surface area contributed by atoms with Crippen molar-refractivity contribution < 1.29 is 14.3 Å². The van der Waals surface area contributed by atoms with E-state index in [4.69, 9.17) is 4.74 Å². The first kappa shape index (κ1) is 17.2. The number of nitrogens with zero attached hydrogens (tertiary/aromatic N) is 1. The van der Waals surface area contributed by atoms with Gasteiger partial charge >= 0.3 is 5.97 Å². The van der Waals surface area contributed by atoms with Gasteiger partial charge < -0.3 is 10.1 Å². The Morgan fingerprint density at radius 3 is 2.57 bits per heavy atom. The van der Waals surface area contributed by atoms with Crippen LogP contribution in [0.25, 0.3) is 0 Å². The van der Waals surface area contributed by atoms with Crippen LogP contribution in [0.5, 0.6) is 0 Å². The van der Waals surface area contributed by atoms with E-state index < -0.39 is 0 Å². The molecule has 5 nitrogen and oxygen atoms in total. The molecular weight excluding hydrogens is 268 g/mol. The van der Waals surface area contributed by atoms with E-state index in [1.165, 1.54) is 0 Å². The third-order valence-corrected chi connectivity index (χ3v) is 3.09. The maximum atomic E-state index is 11.9. The Balaban J connectivity index is 2.31. The number of carbonyl (C=O) groups is 2. The van der Waals surface area contributed by atoms with Crippen molar-refractivity contribution in [2.24, 2.45) is 0 Å². The molecule has 0 heterocycles. The van der Waals surface area contributed by atoms with E-state index in [-0.39, 0.29) is 24.5 Å². The van der Waals surface area contributed by atoms with E-state index in [1.54, 1.807) is 6.92 Å². The maximum Gasteiger partial charge on any atom is 0.307 e. The average Bonchev–Trinajstić information content (AvgIpc) is 2.46. The molecule has 1 unspecified atom stereocenters. The molecule has 0 aliphatic carbocycles. The van der Waals surface area contributed by atoms with Crippen molar-refractivity contribution in [2.45, 2.75) is 26.3 Å². The molecule has 1 rings (SSSR count). The summed E-state index contributed by atoms with van der Waals surface area (Å²) in [4.78, 5) is 25.0. The molecule has 1 amide bonds. The number of hydrogen-bond acceptors (Lipinski definition) is 4. The van der Waals surface area contributed by atoms with Gasteiger partial charge in [0, 0.05) is 6.54 Å². The molecular formula is C16H24N2O3. The van der Waals surface area contributed by atoms with Gasteiger partial charge in [0.2, 0.25) is 5.91 Å². The third kappa shape index (κ3) is 6.90. The second-order valence-corrected chi connectivity index (χ2v) is 4.99. The number of hydrogen-bond donors (Lipinski definition) is 1. The van der Waals surface area contributed by atoms with Crippen LogP contribution >= 0.6 is 0 Å². The van der Waals surface area contributed by atoms with Crippen LogP contribution in [0.3, 0.4) is 0 Å². The number of carbonyl (C=O) groups excluding carboxylic acids is 2. The number of ether oxygens (including phenoxy) is 1. The normalized spacial score (nSPS) is 12.0. The summed E-state index contributed by atoms with van der Waals surface area (Å²) in [5.74, 6) is -0.292. The lowest BCUT2D eigenvalue weighted by Crippen LogP contribution is -2.37. The van der Waals surface area contributed by atoms with Crippen LogP contribution in [0.15, 0.2) is 30.3 Å². The molecule has 0 aromatic heterocycles. The SMILES string of the molecule is CCOC(=O)CCN(C)CC(=O)NC(C)c1ccccc1. The zero-order chi connectivity index (χ0) is 15.7. The number of likely N-dealkylation sites (N-methyl/N-ethyl adjacent to an activating group) is 1. The maximum absolute atomic E-state index is 11.9. The molecule has 116 valence electrons. The van der Waals surface area contributed by atoms with Gasteiger partial charge in [-0.1, -0.05) is 30.3 Å². The Morgan fingerprint density at radius 2 is 1.95 bits per heavy atom. The first-order valence-corrected chi connectivity index (χ1v) is 7.21. The van der Waals surface area contributed by atoms with Gasteiger partial charge in [-0.15, -0.1) is 0 Å². The van der Waals surface area contributed by atoms with E-state index in [0.717, 1.165) is 5.56 Å². The molecule has 1 N–H and O–H groups in total. The van der Waals surface area contributed by atoms with Gasteiger partial charge in [-0.25, -0.2) is 0 Å². The summed E-state index contributed by atoms with van der Waals surface area (Å²) < 4.78 is 4.85. The Hall–Kier alpha value is -1.88. The number of rotatable bonds is 8. The zero-order valence-electron chi connectivity index (χ0n) is 13.0. The Bertz CT molecular complexity index is 448. The predicted molar refractivity (Wildman–Crippen MR) is 81.7 cm³/mol. The second-order valence-electron chi connectivity index (χ2n) is 4.99. The lowest BCUT2D eigenvalue weighted by atomic mass is 10.1. The predicted octanol–water partition coefficient (Wildman–Crippen LogP) is 1.75. The van der Waals surface area contributed by atoms with E-state index in [9.17, 15) is 9.59 Å². The highest BCUT2D eigenvalue weighted by Gasteiger charge is 2.12. The molecule has 0 aliphatic rings. The van der Waals surface area contributed by atoms with Crippen LogP contribution in [0.2, 0.25) is 0 Å². The molecule has 21 heavy (non-hydrogen) atoms. The van der Waals surface area contributed by atoms with Crippen LogP contribution in [0, 0.1) is 0 Å². The van der Waals surface area contributed by atoms with Gasteiger partial charge in [-0.3, -0.25) is 14.5 Å². The van der Waals surface area contributed by atoms with Crippen LogP contribution in [0.4, 0.5) is 0 Å². The summed E-state index contributed by atoms with van der Waals surface area (Å²) >= 11 is 0. The Morgan fingerprint density at radius 1 is 1.29 bits per heavy atom. The van der Waals surface area contributed by atoms with E-state index in [0.29, 0.717) is 19.6 Å². The molecule has 1 atom stereocenters. The number of nitrogens with one attached hydrogen (secondary N) is 1. The van der Waals surface area contributed by atoms with Crippen LogP contribution in [-0.4, -0.2) is 43.5 Å². The highest BCUT2D eigenvalue weighted by atomic mass is 16.5. The smallest absolute Gasteiger partial charge is 0.307 e. The molecule has 5 heteroatoms. The van der Waals surface area contributed by atoms with Gasteiger partial charge in [-0.2, -0.15) is 0 Å². The molecule has 0 saturated carbocycles. The van der Waals surface area contributed by atoms with Gasteiger partial charge in [0.1, 0.15) is 0 Å². The lowest BCUT2D eigenvalue weighted by Gasteiger charge is -2.19. The topological polar surface area (TPSA) is 58.6 Å². The van der Waals surface area contributed by atoms with Crippen LogP contribution in [-0.2, 0) is 14.3 Å². The Labute approximate surface area is 126 Å². The van der Waals surface area contributed by atoms with Crippen molar-refractivity contribution in [3.05, 3.63) is 35.9 Å². The minimum atomic E-state index is -0.234. The highest BCUT2D eigenvalue weighted by Crippen LogP contribution is 2.10. The first-order chi connectivity index (χ1) is 10.0. The number of amides is 1. The van der Waals surface area contributed by atoms with E-state index >= 15 is 0 Å². The van der Waals surface area contributed by atoms with Gasteiger partial charge in [-0.05, 0) is 26.5 Å². The van der Waals surface area contributed by atoms with Crippen molar-refractivity contribution >= 4 is 11.9 Å². The summed E-state index contributed by atoms with van der Waals surface area (Å²) in [7, 11) is 1.81. The molecule has 0 saturated heterocycles. The van der Waals surface area contributed by atoms with Crippen molar-refractivity contribution in [1.29, 1.82) is 0 Å². The summed E-state index contributed by atoms with van der Waals surface area (Å²) in [6.07, 6.45) is 0.297. The molecule has 0 aliphatic heterocycles. The fourth-order valence-electron chi connectivity index (χ4n) is 1.95. The van der Waals surface area contributed by atoms with Crippen molar-refractivity contribution in [1.82, 2.24) is 10.2 Å².